The van der Waals surface area contributed by atoms with Crippen LogP contribution in [-0.2, 0) is 6.54 Å². The number of rotatable bonds is 6. The second-order valence-electron chi connectivity index (χ2n) is 11.3. The number of aromatic nitrogens is 2. The minimum Gasteiger partial charge on any atom is -0.388 e. The van der Waals surface area contributed by atoms with Crippen molar-refractivity contribution in [3.05, 3.63) is 71.3 Å². The molecule has 0 radical (unpaired) electrons. The minimum absolute atomic E-state index is 0.129. The minimum atomic E-state index is -0.842. The highest BCUT2D eigenvalue weighted by Gasteiger charge is 2.35. The summed E-state index contributed by atoms with van der Waals surface area (Å²) in [6.07, 6.45) is 5.77. The van der Waals surface area contributed by atoms with Crippen LogP contribution < -0.4 is 20.4 Å². The number of halogens is 2. The number of likely N-dealkylation sites (tertiary alicyclic amines) is 1. The average Bonchev–Trinajstić information content (AvgIpc) is 3.02. The Labute approximate surface area is 245 Å². The Morgan fingerprint density at radius 3 is 2.43 bits per heavy atom. The van der Waals surface area contributed by atoms with E-state index in [1.54, 1.807) is 0 Å². The first-order valence-corrected chi connectivity index (χ1v) is 14.8. The van der Waals surface area contributed by atoms with E-state index in [4.69, 9.17) is 9.97 Å². The summed E-state index contributed by atoms with van der Waals surface area (Å²) in [7, 11) is 1.82. The lowest BCUT2D eigenvalue weighted by Gasteiger charge is -2.40. The summed E-state index contributed by atoms with van der Waals surface area (Å²) in [4.78, 5) is 29.0. The van der Waals surface area contributed by atoms with Crippen LogP contribution in [0.2, 0.25) is 0 Å². The highest BCUT2D eigenvalue weighted by atomic mass is 19.1. The van der Waals surface area contributed by atoms with Gasteiger partial charge in [-0.1, -0.05) is 31.2 Å². The molecule has 6 rings (SSSR count). The van der Waals surface area contributed by atoms with Gasteiger partial charge in [0, 0.05) is 43.0 Å². The molecular formula is C32H37F2N7O. The van der Waals surface area contributed by atoms with Crippen LogP contribution in [0.15, 0.2) is 43.0 Å². The summed E-state index contributed by atoms with van der Waals surface area (Å²) in [5.74, 6) is -1.04. The van der Waals surface area contributed by atoms with Crippen molar-refractivity contribution in [1.82, 2.24) is 25.5 Å². The molecule has 10 heteroatoms. The molecule has 3 aliphatic heterocycles. The largest absolute Gasteiger partial charge is 0.388 e. The third-order valence-electron chi connectivity index (χ3n) is 8.76. The molecular weight excluding hydrogens is 536 g/mol. The van der Waals surface area contributed by atoms with Crippen molar-refractivity contribution in [2.75, 3.05) is 43.0 Å². The molecule has 2 aromatic carbocycles. The zero-order valence-electron chi connectivity index (χ0n) is 24.2. The van der Waals surface area contributed by atoms with Crippen molar-refractivity contribution in [3.63, 3.8) is 0 Å². The van der Waals surface area contributed by atoms with Crippen LogP contribution in [0.1, 0.15) is 48.8 Å². The third-order valence-corrected chi connectivity index (χ3v) is 8.76. The van der Waals surface area contributed by atoms with E-state index in [0.29, 0.717) is 23.2 Å². The number of anilines is 3. The van der Waals surface area contributed by atoms with Crippen LogP contribution in [0.25, 0.3) is 17.0 Å². The van der Waals surface area contributed by atoms with Crippen LogP contribution >= 0.6 is 0 Å². The predicted molar refractivity (Wildman–Crippen MR) is 162 cm³/mol. The van der Waals surface area contributed by atoms with Gasteiger partial charge in [-0.25, -0.2) is 23.5 Å². The number of carbonyl (C=O) groups excluding carboxylic acids is 1. The van der Waals surface area contributed by atoms with Crippen LogP contribution in [0.5, 0.6) is 0 Å². The van der Waals surface area contributed by atoms with Crippen molar-refractivity contribution >= 4 is 29.2 Å². The van der Waals surface area contributed by atoms with Gasteiger partial charge in [-0.3, -0.25) is 0 Å². The number of para-hydroxylation sites is 1. The number of nitrogens with zero attached hydrogens (tertiary/aromatic N) is 5. The van der Waals surface area contributed by atoms with Gasteiger partial charge in [0.1, 0.15) is 17.3 Å². The summed E-state index contributed by atoms with van der Waals surface area (Å²) < 4.78 is 30.2. The van der Waals surface area contributed by atoms with E-state index in [2.05, 4.69) is 27.0 Å². The molecule has 2 N–H and O–H groups in total. The number of benzene rings is 2. The normalized spacial score (nSPS) is 18.0. The van der Waals surface area contributed by atoms with E-state index in [1.165, 1.54) is 25.3 Å². The Morgan fingerprint density at radius 2 is 1.74 bits per heavy atom. The van der Waals surface area contributed by atoms with Gasteiger partial charge >= 0.3 is 6.03 Å². The number of piperidine rings is 2. The van der Waals surface area contributed by atoms with E-state index >= 15 is 8.78 Å². The Bertz CT molecular complexity index is 1490. The Balaban J connectivity index is 1.47. The average molecular weight is 574 g/mol. The quantitative estimate of drug-likeness (QED) is 0.392. The van der Waals surface area contributed by atoms with E-state index in [9.17, 15) is 4.79 Å². The number of carbonyl (C=O) groups is 1. The molecule has 42 heavy (non-hydrogen) atoms. The molecule has 3 aromatic rings. The first-order chi connectivity index (χ1) is 20.4. The monoisotopic (exact) mass is 573 g/mol. The van der Waals surface area contributed by atoms with Gasteiger partial charge in [0.2, 0.25) is 5.95 Å². The molecule has 1 aromatic heterocycles. The molecule has 2 fully saturated rings. The van der Waals surface area contributed by atoms with Gasteiger partial charge in [0.25, 0.3) is 0 Å². The summed E-state index contributed by atoms with van der Waals surface area (Å²) >= 11 is 0. The van der Waals surface area contributed by atoms with Crippen LogP contribution in [0, 0.1) is 18.6 Å². The predicted octanol–water partition coefficient (Wildman–Crippen LogP) is 5.74. The molecule has 0 bridgehead atoms. The maximum atomic E-state index is 15.1. The van der Waals surface area contributed by atoms with Crippen molar-refractivity contribution in [2.45, 2.75) is 51.6 Å². The van der Waals surface area contributed by atoms with Crippen LogP contribution in [0.4, 0.5) is 31.0 Å². The SMILES string of the molecule is C=C(NC)c1ccc(C)c(-c2nc(N3CCC(N4CCCCC4)CC3)nc3c2CNC(=O)N3c2c(F)cccc2F)c1. The zero-order chi connectivity index (χ0) is 29.4. The number of nitrogens with one attached hydrogen (secondary N) is 2. The fraction of sp³-hybridized carbons (Fsp3) is 0.406. The molecule has 0 spiro atoms. The number of urea groups is 1. The Kier molecular flexibility index (Phi) is 7.81. The van der Waals surface area contributed by atoms with Gasteiger partial charge in [-0.15, -0.1) is 0 Å². The fourth-order valence-corrected chi connectivity index (χ4v) is 6.35. The van der Waals surface area contributed by atoms with Gasteiger partial charge in [0.05, 0.1) is 12.2 Å². The van der Waals surface area contributed by atoms with Gasteiger partial charge in [-0.05, 0) is 75.0 Å². The van der Waals surface area contributed by atoms with Crippen LogP contribution in [-0.4, -0.2) is 60.2 Å². The van der Waals surface area contributed by atoms with E-state index in [-0.39, 0.29) is 12.4 Å². The lowest BCUT2D eigenvalue weighted by Crippen LogP contribution is -2.47. The lowest BCUT2D eigenvalue weighted by atomic mass is 9.97. The number of amides is 2. The second kappa shape index (κ2) is 11.7. The highest BCUT2D eigenvalue weighted by molar-refractivity contribution is 6.02. The molecule has 0 unspecified atom stereocenters. The zero-order valence-corrected chi connectivity index (χ0v) is 24.2. The molecule has 220 valence electrons. The molecule has 3 aliphatic rings. The number of aryl methyl sites for hydroxylation is 1. The molecule has 4 heterocycles. The van der Waals surface area contributed by atoms with Crippen molar-refractivity contribution in [1.29, 1.82) is 0 Å². The molecule has 0 saturated carbocycles. The van der Waals surface area contributed by atoms with Gasteiger partial charge in [0.15, 0.2) is 5.82 Å². The summed E-state index contributed by atoms with van der Waals surface area (Å²) in [5, 5.41) is 5.88. The van der Waals surface area contributed by atoms with Crippen molar-refractivity contribution < 1.29 is 13.6 Å². The molecule has 0 aliphatic carbocycles. The summed E-state index contributed by atoms with van der Waals surface area (Å²) in [6, 6.07) is 9.45. The Hall–Kier alpha value is -4.05. The number of hydrogen-bond acceptors (Lipinski definition) is 6. The maximum Gasteiger partial charge on any atom is 0.328 e. The first-order valence-electron chi connectivity index (χ1n) is 14.8. The summed E-state index contributed by atoms with van der Waals surface area (Å²) in [6.45, 7) is 10.0. The molecule has 0 atom stereocenters. The van der Waals surface area contributed by atoms with E-state index in [1.807, 2.05) is 32.2 Å². The van der Waals surface area contributed by atoms with Crippen molar-refractivity contribution in [2.24, 2.45) is 0 Å². The second-order valence-corrected chi connectivity index (χ2v) is 11.3. The van der Waals surface area contributed by atoms with E-state index in [0.717, 1.165) is 78.4 Å². The third kappa shape index (κ3) is 5.19. The topological polar surface area (TPSA) is 76.6 Å². The highest BCUT2D eigenvalue weighted by Crippen LogP contribution is 2.40. The van der Waals surface area contributed by atoms with E-state index < -0.39 is 23.4 Å². The maximum absolute atomic E-state index is 15.1. The van der Waals surface area contributed by atoms with Crippen molar-refractivity contribution in [3.8, 4) is 11.3 Å². The van der Waals surface area contributed by atoms with Gasteiger partial charge < -0.3 is 20.4 Å². The smallest absolute Gasteiger partial charge is 0.328 e. The molecule has 8 nitrogen and oxygen atoms in total. The molecule has 2 saturated heterocycles. The number of hydrogen-bond donors (Lipinski definition) is 2. The lowest BCUT2D eigenvalue weighted by molar-refractivity contribution is 0.141. The fourth-order valence-electron chi connectivity index (χ4n) is 6.35. The van der Waals surface area contributed by atoms with Crippen LogP contribution in [0.3, 0.4) is 0 Å². The molecule has 2 amide bonds. The standard InChI is InChI=1S/C32H37F2N7O/c1-20-10-11-22(21(2)35-3)18-24(20)28-25-19-36-32(42)41(29-26(33)8-7-9-27(29)34)30(25)38-31(37-28)40-16-12-23(13-17-40)39-14-5-4-6-15-39/h7-11,18,23,35H,2,4-6,12-17,19H2,1,3H3,(H,36,42). The first kappa shape index (κ1) is 28.1. The number of fused-ring (bicyclic) bond motifs is 1. The summed E-state index contributed by atoms with van der Waals surface area (Å²) in [5.41, 5.74) is 4.23. The van der Waals surface area contributed by atoms with Gasteiger partial charge in [-0.2, -0.15) is 4.98 Å². The Morgan fingerprint density at radius 1 is 1.02 bits per heavy atom.